The van der Waals surface area contributed by atoms with Crippen molar-refractivity contribution >= 4 is 32.7 Å². The number of nitrogens with zero attached hydrogens (tertiary/aromatic N) is 4. The van der Waals surface area contributed by atoms with Crippen LogP contribution in [-0.2, 0) is 10.0 Å². The molecule has 2 N–H and O–H groups in total. The van der Waals surface area contributed by atoms with Crippen LogP contribution in [0.15, 0.2) is 23.1 Å². The average Bonchev–Trinajstić information content (AvgIpc) is 2.88. The van der Waals surface area contributed by atoms with Crippen molar-refractivity contribution < 1.29 is 21.6 Å². The van der Waals surface area contributed by atoms with E-state index < -0.39 is 56.1 Å². The fraction of sp³-hybridized carbons (Fsp3) is 0.519. The summed E-state index contributed by atoms with van der Waals surface area (Å²) in [6, 6.07) is 2.20. The van der Waals surface area contributed by atoms with Crippen LogP contribution in [0.5, 0.6) is 0 Å². The van der Waals surface area contributed by atoms with Crippen LogP contribution in [0.25, 0.3) is 22.2 Å². The molecule has 0 spiro atoms. The summed E-state index contributed by atoms with van der Waals surface area (Å²) >= 11 is 0. The molecule has 4 rings (SSSR count). The summed E-state index contributed by atoms with van der Waals surface area (Å²) in [5.74, 6) is -4.66. The van der Waals surface area contributed by atoms with Crippen molar-refractivity contribution in [3.63, 3.8) is 0 Å². The maximum Gasteiger partial charge on any atom is 0.260 e. The second kappa shape index (κ2) is 11.7. The maximum absolute atomic E-state index is 15.2. The molecule has 0 aliphatic heterocycles. The lowest BCUT2D eigenvalue weighted by atomic mass is 9.91. The zero-order valence-corrected chi connectivity index (χ0v) is 24.1. The lowest BCUT2D eigenvalue weighted by Crippen LogP contribution is -2.36. The summed E-state index contributed by atoms with van der Waals surface area (Å²) in [7, 11) is 0.0557. The number of anilines is 2. The quantitative estimate of drug-likeness (QED) is 0.347. The summed E-state index contributed by atoms with van der Waals surface area (Å²) in [5.41, 5.74) is -2.46. The SMILES string of the molecule is CCCS(=O)(=O)Nc1c(F)cc(-c2cc3cnc(NC4CCC(N(C)C)CC4)nc3n(C(C)C)c2=O)c(F)c1F. The number of sulfonamides is 1. The predicted molar refractivity (Wildman–Crippen MR) is 151 cm³/mol. The highest BCUT2D eigenvalue weighted by molar-refractivity contribution is 7.92. The van der Waals surface area contributed by atoms with Gasteiger partial charge in [-0.2, -0.15) is 4.98 Å². The second-order valence-electron chi connectivity index (χ2n) is 10.7. The van der Waals surface area contributed by atoms with E-state index in [1.54, 1.807) is 25.5 Å². The van der Waals surface area contributed by atoms with Gasteiger partial charge in [-0.25, -0.2) is 26.6 Å². The van der Waals surface area contributed by atoms with Crippen LogP contribution >= 0.6 is 0 Å². The van der Waals surface area contributed by atoms with E-state index in [0.717, 1.165) is 25.7 Å². The van der Waals surface area contributed by atoms with E-state index in [1.807, 2.05) is 0 Å². The fourth-order valence-corrected chi connectivity index (χ4v) is 6.28. The summed E-state index contributed by atoms with van der Waals surface area (Å²) in [4.78, 5) is 24.7. The van der Waals surface area contributed by atoms with Gasteiger partial charge in [-0.3, -0.25) is 14.1 Å². The lowest BCUT2D eigenvalue weighted by molar-refractivity contribution is 0.221. The van der Waals surface area contributed by atoms with Crippen LogP contribution < -0.4 is 15.6 Å². The molecule has 40 heavy (non-hydrogen) atoms. The van der Waals surface area contributed by atoms with Crippen LogP contribution in [0.4, 0.5) is 24.8 Å². The third-order valence-corrected chi connectivity index (χ3v) is 8.69. The first-order valence-corrected chi connectivity index (χ1v) is 15.0. The minimum atomic E-state index is -4.09. The Hall–Kier alpha value is -3.19. The molecular weight excluding hydrogens is 545 g/mol. The Morgan fingerprint density at radius 1 is 1.07 bits per heavy atom. The molecular formula is C27H35F3N6O3S. The minimum Gasteiger partial charge on any atom is -0.351 e. The van der Waals surface area contributed by atoms with Crippen molar-refractivity contribution in [1.29, 1.82) is 0 Å². The summed E-state index contributed by atoms with van der Waals surface area (Å²) < 4.78 is 72.3. The number of hydrogen-bond acceptors (Lipinski definition) is 7. The fourth-order valence-electron chi connectivity index (χ4n) is 5.14. The van der Waals surface area contributed by atoms with E-state index in [1.165, 1.54) is 16.8 Å². The van der Waals surface area contributed by atoms with E-state index in [0.29, 0.717) is 29.1 Å². The molecule has 1 fully saturated rings. The van der Waals surface area contributed by atoms with Crippen molar-refractivity contribution in [2.75, 3.05) is 29.9 Å². The van der Waals surface area contributed by atoms with Crippen LogP contribution in [0.2, 0.25) is 0 Å². The number of aromatic nitrogens is 3. The smallest absolute Gasteiger partial charge is 0.260 e. The summed E-state index contributed by atoms with van der Waals surface area (Å²) in [6.45, 7) is 5.06. The molecule has 0 saturated heterocycles. The number of halogens is 3. The van der Waals surface area contributed by atoms with Gasteiger partial charge >= 0.3 is 0 Å². The molecule has 13 heteroatoms. The molecule has 9 nitrogen and oxygen atoms in total. The molecule has 2 heterocycles. The van der Waals surface area contributed by atoms with Crippen molar-refractivity contribution in [3.05, 3.63) is 46.1 Å². The van der Waals surface area contributed by atoms with Crippen molar-refractivity contribution in [1.82, 2.24) is 19.4 Å². The van der Waals surface area contributed by atoms with Gasteiger partial charge in [0.1, 0.15) is 11.3 Å². The van der Waals surface area contributed by atoms with Gasteiger partial charge in [0.15, 0.2) is 17.5 Å². The Bertz CT molecular complexity index is 1570. The van der Waals surface area contributed by atoms with E-state index >= 15 is 4.39 Å². The van der Waals surface area contributed by atoms with Crippen LogP contribution in [0.1, 0.15) is 58.9 Å². The third-order valence-electron chi connectivity index (χ3n) is 7.23. The Kier molecular flexibility index (Phi) is 8.74. The first-order chi connectivity index (χ1) is 18.8. The van der Waals surface area contributed by atoms with Gasteiger partial charge in [-0.05, 0) is 72.2 Å². The Labute approximate surface area is 231 Å². The van der Waals surface area contributed by atoms with Gasteiger partial charge in [-0.1, -0.05) is 6.92 Å². The Balaban J connectivity index is 1.74. The molecule has 1 saturated carbocycles. The molecule has 1 aliphatic carbocycles. The Morgan fingerprint density at radius 2 is 1.75 bits per heavy atom. The molecule has 0 radical (unpaired) electrons. The maximum atomic E-state index is 15.2. The largest absolute Gasteiger partial charge is 0.351 e. The zero-order chi connectivity index (χ0) is 29.4. The monoisotopic (exact) mass is 580 g/mol. The highest BCUT2D eigenvalue weighted by Crippen LogP contribution is 2.32. The molecule has 3 aromatic rings. The molecule has 0 atom stereocenters. The van der Waals surface area contributed by atoms with Gasteiger partial charge in [0.05, 0.1) is 11.3 Å². The first kappa shape index (κ1) is 29.8. The molecule has 1 aromatic carbocycles. The number of fused-ring (bicyclic) bond motifs is 1. The summed E-state index contributed by atoms with van der Waals surface area (Å²) in [5, 5.41) is 3.72. The number of rotatable bonds is 9. The van der Waals surface area contributed by atoms with Crippen LogP contribution in [0, 0.1) is 17.5 Å². The highest BCUT2D eigenvalue weighted by Gasteiger charge is 2.27. The molecule has 2 aromatic heterocycles. The zero-order valence-electron chi connectivity index (χ0n) is 23.3. The topological polar surface area (TPSA) is 109 Å². The van der Waals surface area contributed by atoms with E-state index in [9.17, 15) is 22.0 Å². The summed E-state index contributed by atoms with van der Waals surface area (Å²) in [6.07, 6.45) is 5.64. The van der Waals surface area contributed by atoms with Gasteiger partial charge in [0.2, 0.25) is 16.0 Å². The van der Waals surface area contributed by atoms with Gasteiger partial charge in [-0.15, -0.1) is 0 Å². The van der Waals surface area contributed by atoms with Gasteiger partial charge in [0, 0.05) is 35.3 Å². The number of hydrogen-bond donors (Lipinski definition) is 2. The minimum absolute atomic E-state index is 0.181. The van der Waals surface area contributed by atoms with Crippen LogP contribution in [0.3, 0.4) is 0 Å². The second-order valence-corrected chi connectivity index (χ2v) is 12.6. The average molecular weight is 581 g/mol. The molecule has 1 aliphatic rings. The number of nitrogens with one attached hydrogen (secondary N) is 2. The molecule has 0 amide bonds. The number of pyridine rings is 1. The normalized spacial score (nSPS) is 18.1. The standard InChI is InChI=1S/C27H35F3N6O3S/c1-6-11-40(38,39)34-24-21(28)13-19(22(29)23(24)30)20-12-16-14-31-27(33-25(16)36(15(2)3)26(20)37)32-17-7-9-18(10-8-17)35(4)5/h12-15,17-18,34H,6-11H2,1-5H3,(H,31,32,33). The van der Waals surface area contributed by atoms with Crippen molar-refractivity contribution in [2.24, 2.45) is 0 Å². The molecule has 0 bridgehead atoms. The van der Waals surface area contributed by atoms with Crippen molar-refractivity contribution in [3.8, 4) is 11.1 Å². The van der Waals surface area contributed by atoms with Crippen molar-refractivity contribution in [2.45, 2.75) is 71.0 Å². The predicted octanol–water partition coefficient (Wildman–Crippen LogP) is 4.89. The first-order valence-electron chi connectivity index (χ1n) is 13.4. The number of benzene rings is 1. The Morgan fingerprint density at radius 3 is 2.35 bits per heavy atom. The van der Waals surface area contributed by atoms with E-state index in [2.05, 4.69) is 34.3 Å². The molecule has 218 valence electrons. The van der Waals surface area contributed by atoms with E-state index in [-0.39, 0.29) is 18.0 Å². The lowest BCUT2D eigenvalue weighted by Gasteiger charge is -2.33. The third kappa shape index (κ3) is 6.09. The van der Waals surface area contributed by atoms with Gasteiger partial charge < -0.3 is 10.2 Å². The van der Waals surface area contributed by atoms with E-state index in [4.69, 9.17) is 0 Å². The highest BCUT2D eigenvalue weighted by atomic mass is 32.2. The van der Waals surface area contributed by atoms with Crippen LogP contribution in [-0.4, -0.2) is 59.8 Å². The molecule has 0 unspecified atom stereocenters. The van der Waals surface area contributed by atoms with Gasteiger partial charge in [0.25, 0.3) is 5.56 Å².